The van der Waals surface area contributed by atoms with Gasteiger partial charge in [-0.15, -0.1) is 0 Å². The molecule has 1 N–H and O–H groups in total. The topological polar surface area (TPSA) is 76.0 Å². The molecule has 1 aromatic carbocycles. The van der Waals surface area contributed by atoms with Crippen LogP contribution in [0.1, 0.15) is 5.56 Å². The summed E-state index contributed by atoms with van der Waals surface area (Å²) < 4.78 is 0. The Labute approximate surface area is 84.9 Å². The van der Waals surface area contributed by atoms with Crippen LogP contribution in [0.15, 0.2) is 24.4 Å². The molecule has 0 aliphatic heterocycles. The van der Waals surface area contributed by atoms with Gasteiger partial charge in [0, 0.05) is 30.1 Å². The van der Waals surface area contributed by atoms with Gasteiger partial charge < -0.3 is 9.78 Å². The number of hydrogen-bond acceptors (Lipinski definition) is 3. The highest BCUT2D eigenvalue weighted by Crippen LogP contribution is 2.23. The van der Waals surface area contributed by atoms with Gasteiger partial charge in [0.05, 0.1) is 10.4 Å². The molecule has 2 aromatic rings. The highest BCUT2D eigenvalue weighted by Gasteiger charge is 2.09. The van der Waals surface area contributed by atoms with Crippen LogP contribution in [0, 0.1) is 10.1 Å². The molecule has 1 heterocycles. The molecule has 2 rings (SSSR count). The maximum absolute atomic E-state index is 10.5. The molecule has 0 bridgehead atoms. The number of H-pyrrole nitrogens is 1. The maximum atomic E-state index is 10.5. The summed E-state index contributed by atoms with van der Waals surface area (Å²) >= 11 is 0. The fraction of sp³-hybridized carbons (Fsp3) is 0.100. The van der Waals surface area contributed by atoms with Crippen molar-refractivity contribution in [3.63, 3.8) is 0 Å². The average Bonchev–Trinajstić information content (AvgIpc) is 2.61. The zero-order chi connectivity index (χ0) is 10.8. The zero-order valence-electron chi connectivity index (χ0n) is 7.77. The Morgan fingerprint density at radius 3 is 2.93 bits per heavy atom. The molecule has 0 aliphatic carbocycles. The van der Waals surface area contributed by atoms with Crippen LogP contribution in [0.5, 0.6) is 0 Å². The number of carbonyl (C=O) groups is 1. The monoisotopic (exact) mass is 204 g/mol. The van der Waals surface area contributed by atoms with Crippen molar-refractivity contribution in [2.24, 2.45) is 0 Å². The number of nitrogens with one attached hydrogen (secondary N) is 1. The SMILES string of the molecule is O=CCc1c[nH]c2cc([N+](=O)[O-])ccc12. The van der Waals surface area contributed by atoms with Crippen LogP contribution in [0.3, 0.4) is 0 Å². The number of non-ortho nitro benzene ring substituents is 1. The van der Waals surface area contributed by atoms with E-state index in [9.17, 15) is 14.9 Å². The van der Waals surface area contributed by atoms with Crippen LogP contribution in [0.25, 0.3) is 10.9 Å². The highest BCUT2D eigenvalue weighted by atomic mass is 16.6. The van der Waals surface area contributed by atoms with Crippen LogP contribution in [-0.2, 0) is 11.2 Å². The van der Waals surface area contributed by atoms with Crippen molar-refractivity contribution in [3.8, 4) is 0 Å². The molecule has 0 radical (unpaired) electrons. The third kappa shape index (κ3) is 1.59. The number of fused-ring (bicyclic) bond motifs is 1. The highest BCUT2D eigenvalue weighted by molar-refractivity contribution is 5.86. The van der Waals surface area contributed by atoms with Crippen LogP contribution in [-0.4, -0.2) is 16.2 Å². The van der Waals surface area contributed by atoms with Crippen LogP contribution >= 0.6 is 0 Å². The van der Waals surface area contributed by atoms with E-state index in [1.54, 1.807) is 12.3 Å². The fourth-order valence-electron chi connectivity index (χ4n) is 1.55. The van der Waals surface area contributed by atoms with Gasteiger partial charge in [-0.25, -0.2) is 0 Å². The predicted molar refractivity (Wildman–Crippen MR) is 54.7 cm³/mol. The lowest BCUT2D eigenvalue weighted by Gasteiger charge is -1.93. The number of aromatic amines is 1. The molecule has 0 spiro atoms. The number of nitro groups is 1. The van der Waals surface area contributed by atoms with Gasteiger partial charge in [-0.05, 0) is 11.6 Å². The Kier molecular flexibility index (Phi) is 2.21. The van der Waals surface area contributed by atoms with E-state index < -0.39 is 4.92 Å². The van der Waals surface area contributed by atoms with Crippen molar-refractivity contribution in [1.82, 2.24) is 4.98 Å². The van der Waals surface area contributed by atoms with Gasteiger partial charge >= 0.3 is 0 Å². The summed E-state index contributed by atoms with van der Waals surface area (Å²) in [5, 5.41) is 11.4. The number of rotatable bonds is 3. The maximum Gasteiger partial charge on any atom is 0.271 e. The lowest BCUT2D eigenvalue weighted by atomic mass is 10.1. The number of benzene rings is 1. The van der Waals surface area contributed by atoms with Gasteiger partial charge in [-0.2, -0.15) is 0 Å². The third-order valence-corrected chi connectivity index (χ3v) is 2.27. The Morgan fingerprint density at radius 2 is 2.27 bits per heavy atom. The minimum absolute atomic E-state index is 0.0435. The minimum atomic E-state index is -0.445. The summed E-state index contributed by atoms with van der Waals surface area (Å²) in [6.07, 6.45) is 2.82. The third-order valence-electron chi connectivity index (χ3n) is 2.27. The Bertz CT molecular complexity index is 530. The van der Waals surface area contributed by atoms with Gasteiger partial charge in [0.15, 0.2) is 0 Å². The first-order chi connectivity index (χ1) is 7.22. The van der Waals surface area contributed by atoms with Crippen LogP contribution in [0.2, 0.25) is 0 Å². The summed E-state index contributed by atoms with van der Waals surface area (Å²) in [5.41, 5.74) is 1.58. The summed E-state index contributed by atoms with van der Waals surface area (Å²) in [6.45, 7) is 0. The van der Waals surface area contributed by atoms with Crippen molar-refractivity contribution < 1.29 is 9.72 Å². The lowest BCUT2D eigenvalue weighted by molar-refractivity contribution is -0.384. The molecule has 1 aromatic heterocycles. The quantitative estimate of drug-likeness (QED) is 0.470. The number of nitrogens with zero attached hydrogens (tertiary/aromatic N) is 1. The number of hydrogen-bond donors (Lipinski definition) is 1. The minimum Gasteiger partial charge on any atom is -0.361 e. The Hall–Kier alpha value is -2.17. The molecule has 0 amide bonds. The van der Waals surface area contributed by atoms with Gasteiger partial charge in [0.25, 0.3) is 5.69 Å². The summed E-state index contributed by atoms with van der Waals surface area (Å²) in [4.78, 5) is 23.3. The average molecular weight is 204 g/mol. The first-order valence-electron chi connectivity index (χ1n) is 4.40. The van der Waals surface area contributed by atoms with Crippen LogP contribution < -0.4 is 0 Å². The second kappa shape index (κ2) is 3.53. The molecule has 0 unspecified atom stereocenters. The fourth-order valence-corrected chi connectivity index (χ4v) is 1.55. The first kappa shape index (κ1) is 9.39. The molecular formula is C10H8N2O3. The second-order valence-corrected chi connectivity index (χ2v) is 3.17. The van der Waals surface area contributed by atoms with Crippen molar-refractivity contribution in [3.05, 3.63) is 40.1 Å². The summed E-state index contributed by atoms with van der Waals surface area (Å²) in [6, 6.07) is 4.55. The largest absolute Gasteiger partial charge is 0.361 e. The van der Waals surface area contributed by atoms with Crippen molar-refractivity contribution >= 4 is 22.9 Å². The number of aldehydes is 1. The molecule has 0 saturated heterocycles. The molecule has 5 nitrogen and oxygen atoms in total. The summed E-state index contributed by atoms with van der Waals surface area (Å²) in [7, 11) is 0. The van der Waals surface area contributed by atoms with E-state index >= 15 is 0 Å². The molecule has 0 saturated carbocycles. The molecule has 76 valence electrons. The standard InChI is InChI=1S/C10H8N2O3/c13-4-3-7-6-11-10-5-8(12(14)15)1-2-9(7)10/h1-2,4-6,11H,3H2. The van der Waals surface area contributed by atoms with E-state index in [1.165, 1.54) is 12.1 Å². The van der Waals surface area contributed by atoms with Crippen LogP contribution in [0.4, 0.5) is 5.69 Å². The molecular weight excluding hydrogens is 196 g/mol. The van der Waals surface area contributed by atoms with E-state index in [4.69, 9.17) is 0 Å². The van der Waals surface area contributed by atoms with E-state index in [2.05, 4.69) is 4.98 Å². The molecule has 5 heteroatoms. The molecule has 0 aliphatic rings. The Balaban J connectivity index is 2.56. The number of carbonyl (C=O) groups excluding carboxylic acids is 1. The van der Waals surface area contributed by atoms with E-state index in [-0.39, 0.29) is 5.69 Å². The predicted octanol–water partition coefficient (Wildman–Crippen LogP) is 1.82. The van der Waals surface area contributed by atoms with Gasteiger partial charge in [-0.3, -0.25) is 10.1 Å². The molecule has 15 heavy (non-hydrogen) atoms. The first-order valence-corrected chi connectivity index (χ1v) is 4.40. The number of nitro benzene ring substituents is 1. The summed E-state index contributed by atoms with van der Waals surface area (Å²) in [5.74, 6) is 0. The van der Waals surface area contributed by atoms with E-state index in [0.717, 1.165) is 17.2 Å². The lowest BCUT2D eigenvalue weighted by Crippen LogP contribution is -1.87. The molecule has 0 fully saturated rings. The smallest absolute Gasteiger partial charge is 0.271 e. The van der Waals surface area contributed by atoms with Gasteiger partial charge in [-0.1, -0.05) is 0 Å². The molecule has 0 atom stereocenters. The van der Waals surface area contributed by atoms with Crippen molar-refractivity contribution in [1.29, 1.82) is 0 Å². The normalized spacial score (nSPS) is 10.4. The van der Waals surface area contributed by atoms with Crippen molar-refractivity contribution in [2.45, 2.75) is 6.42 Å². The zero-order valence-corrected chi connectivity index (χ0v) is 7.77. The van der Waals surface area contributed by atoms with E-state index in [0.29, 0.717) is 11.9 Å². The second-order valence-electron chi connectivity index (χ2n) is 3.17. The number of aromatic nitrogens is 1. The van der Waals surface area contributed by atoms with E-state index in [1.807, 2.05) is 0 Å². The van der Waals surface area contributed by atoms with Crippen molar-refractivity contribution in [2.75, 3.05) is 0 Å². The Morgan fingerprint density at radius 1 is 1.47 bits per heavy atom. The van der Waals surface area contributed by atoms with Gasteiger partial charge in [0.2, 0.25) is 0 Å². The van der Waals surface area contributed by atoms with Gasteiger partial charge in [0.1, 0.15) is 6.29 Å².